The summed E-state index contributed by atoms with van der Waals surface area (Å²) in [5, 5.41) is 14.0. The Morgan fingerprint density at radius 2 is 1.93 bits per heavy atom. The molecular formula is C20H28N4O3. The third kappa shape index (κ3) is 2.60. The second-order valence-electron chi connectivity index (χ2n) is 9.91. The van der Waals surface area contributed by atoms with Gasteiger partial charge in [-0.25, -0.2) is 6.57 Å². The van der Waals surface area contributed by atoms with Crippen molar-refractivity contribution in [1.82, 2.24) is 10.2 Å². The molecule has 5 saturated carbocycles. The number of carbonyl (C=O) groups excluding carboxylic acids is 2. The normalized spacial score (nSPS) is 47.3. The molecule has 0 radical (unpaired) electrons. The minimum atomic E-state index is -0.706. The van der Waals surface area contributed by atoms with Gasteiger partial charge in [-0.05, 0) is 62.7 Å². The summed E-state index contributed by atoms with van der Waals surface area (Å²) in [6.45, 7) is 7.33. The highest BCUT2D eigenvalue weighted by Gasteiger charge is 2.64. The van der Waals surface area contributed by atoms with Crippen molar-refractivity contribution < 1.29 is 14.7 Å². The molecule has 146 valence electrons. The number of likely N-dealkylation sites (tertiary alicyclic amines) is 1. The average molecular weight is 372 g/mol. The van der Waals surface area contributed by atoms with Gasteiger partial charge in [-0.15, -0.1) is 0 Å². The van der Waals surface area contributed by atoms with Crippen LogP contribution in [0.2, 0.25) is 0 Å². The molecule has 2 amide bonds. The van der Waals surface area contributed by atoms with Gasteiger partial charge in [0.15, 0.2) is 0 Å². The molecule has 7 nitrogen and oxygen atoms in total. The van der Waals surface area contributed by atoms with Crippen LogP contribution in [0, 0.1) is 29.7 Å². The first-order valence-electron chi connectivity index (χ1n) is 10.3. The number of hydrogen-bond donors (Lipinski definition) is 3. The van der Waals surface area contributed by atoms with E-state index in [1.54, 1.807) is 4.90 Å². The molecule has 6 rings (SSSR count). The average Bonchev–Trinajstić information content (AvgIpc) is 3.26. The Balaban J connectivity index is 1.49. The van der Waals surface area contributed by atoms with Gasteiger partial charge in [0.05, 0.1) is 12.1 Å². The van der Waals surface area contributed by atoms with Crippen molar-refractivity contribution in [1.29, 1.82) is 0 Å². The minimum absolute atomic E-state index is 0.117. The highest BCUT2D eigenvalue weighted by atomic mass is 16.3. The lowest BCUT2D eigenvalue weighted by atomic mass is 9.46. The van der Waals surface area contributed by atoms with Crippen LogP contribution >= 0.6 is 0 Å². The van der Waals surface area contributed by atoms with Gasteiger partial charge in [0.2, 0.25) is 5.91 Å². The summed E-state index contributed by atoms with van der Waals surface area (Å²) in [6, 6.07) is -0.513. The van der Waals surface area contributed by atoms with Gasteiger partial charge in [0.25, 0.3) is 5.91 Å². The van der Waals surface area contributed by atoms with Crippen molar-refractivity contribution in [2.45, 2.75) is 75.2 Å². The second-order valence-corrected chi connectivity index (χ2v) is 9.91. The summed E-state index contributed by atoms with van der Waals surface area (Å²) < 4.78 is 0. The molecular weight excluding hydrogens is 344 g/mol. The summed E-state index contributed by atoms with van der Waals surface area (Å²) in [5.74, 6) is 0.838. The van der Waals surface area contributed by atoms with Crippen molar-refractivity contribution in [3.8, 4) is 0 Å². The van der Waals surface area contributed by atoms with Gasteiger partial charge < -0.3 is 16.2 Å². The number of fused-ring (bicyclic) bond motifs is 1. The maximum Gasteiger partial charge on any atom is 0.301 e. The minimum Gasteiger partial charge on any atom is -0.390 e. The van der Waals surface area contributed by atoms with Crippen LogP contribution in [0.5, 0.6) is 0 Å². The highest BCUT2D eigenvalue weighted by Crippen LogP contribution is 2.63. The van der Waals surface area contributed by atoms with Crippen molar-refractivity contribution in [3.63, 3.8) is 0 Å². The molecule has 6 fully saturated rings. The molecule has 1 aliphatic heterocycles. The van der Waals surface area contributed by atoms with Crippen molar-refractivity contribution in [2.24, 2.45) is 28.9 Å². The van der Waals surface area contributed by atoms with E-state index in [2.05, 4.69) is 10.2 Å². The molecule has 6 atom stereocenters. The first kappa shape index (κ1) is 17.4. The van der Waals surface area contributed by atoms with E-state index in [1.807, 2.05) is 0 Å². The fourth-order valence-corrected chi connectivity index (χ4v) is 7.32. The van der Waals surface area contributed by atoms with Crippen molar-refractivity contribution in [3.05, 3.63) is 11.4 Å². The van der Waals surface area contributed by atoms with Crippen LogP contribution in [-0.4, -0.2) is 52.2 Å². The predicted octanol–water partition coefficient (Wildman–Crippen LogP) is 0.627. The predicted molar refractivity (Wildman–Crippen MR) is 96.8 cm³/mol. The number of nitrogens with two attached hydrogens (primary N) is 1. The summed E-state index contributed by atoms with van der Waals surface area (Å²) in [7, 11) is 0. The Hall–Kier alpha value is -1.65. The van der Waals surface area contributed by atoms with Crippen LogP contribution in [0.1, 0.15) is 51.4 Å². The standard InChI is InChI=1S/C20H28N4O3/c1-22-15-4-13-3-14(13)24(15)18(26)17(23-16(25)9-21)19-5-11-2-12(6-19)8-20(27,7-11)10-19/h11-15,17,27H,2-10,21H2,(H,23,25). The number of hydrogen-bond acceptors (Lipinski definition) is 4. The van der Waals surface area contributed by atoms with Crippen LogP contribution in [0.25, 0.3) is 4.85 Å². The Morgan fingerprint density at radius 1 is 1.22 bits per heavy atom. The number of aliphatic hydroxyl groups is 1. The lowest BCUT2D eigenvalue weighted by Crippen LogP contribution is -2.66. The van der Waals surface area contributed by atoms with E-state index >= 15 is 0 Å². The zero-order chi connectivity index (χ0) is 19.0. The van der Waals surface area contributed by atoms with Gasteiger partial charge in [-0.3, -0.25) is 19.3 Å². The molecule has 0 aromatic rings. The van der Waals surface area contributed by atoms with E-state index in [0.717, 1.165) is 44.9 Å². The summed E-state index contributed by atoms with van der Waals surface area (Å²) in [6.07, 6.45) is 6.38. The first-order chi connectivity index (χ1) is 12.9. The van der Waals surface area contributed by atoms with Crippen molar-refractivity contribution >= 4 is 11.8 Å². The SMILES string of the molecule is [C-]#[N+]C1CC2CC2N1C(=O)C(NC(=O)CN)C12CC3CC(CC(O)(C3)C1)C2. The number of carbonyl (C=O) groups is 2. The molecule has 0 aromatic carbocycles. The molecule has 6 unspecified atom stereocenters. The Morgan fingerprint density at radius 3 is 2.52 bits per heavy atom. The smallest absolute Gasteiger partial charge is 0.301 e. The number of nitrogens with one attached hydrogen (secondary N) is 1. The van der Waals surface area contributed by atoms with Crippen LogP contribution in [0.3, 0.4) is 0 Å². The fourth-order valence-electron chi connectivity index (χ4n) is 7.32. The third-order valence-corrected chi connectivity index (χ3v) is 7.91. The van der Waals surface area contributed by atoms with Gasteiger partial charge in [-0.1, -0.05) is 0 Å². The van der Waals surface area contributed by atoms with Gasteiger partial charge in [-0.2, -0.15) is 0 Å². The second kappa shape index (κ2) is 5.68. The zero-order valence-corrected chi connectivity index (χ0v) is 15.6. The molecule has 5 aliphatic carbocycles. The monoisotopic (exact) mass is 372 g/mol. The van der Waals surface area contributed by atoms with Crippen molar-refractivity contribution in [2.75, 3.05) is 6.54 Å². The number of nitrogens with zero attached hydrogens (tertiary/aromatic N) is 2. The molecule has 1 heterocycles. The summed E-state index contributed by atoms with van der Waals surface area (Å²) >= 11 is 0. The Labute approximate surface area is 159 Å². The number of rotatable bonds is 4. The van der Waals surface area contributed by atoms with E-state index < -0.39 is 23.2 Å². The third-order valence-electron chi connectivity index (χ3n) is 7.91. The fraction of sp³-hybridized carbons (Fsp3) is 0.850. The molecule has 27 heavy (non-hydrogen) atoms. The van der Waals surface area contributed by atoms with Crippen LogP contribution < -0.4 is 11.1 Å². The van der Waals surface area contributed by atoms with Gasteiger partial charge in [0.1, 0.15) is 6.04 Å². The van der Waals surface area contributed by atoms with Gasteiger partial charge >= 0.3 is 6.17 Å². The van der Waals surface area contributed by atoms with Crippen LogP contribution in [0.4, 0.5) is 0 Å². The molecule has 4 N–H and O–H groups in total. The van der Waals surface area contributed by atoms with E-state index in [1.165, 1.54) is 0 Å². The first-order valence-corrected chi connectivity index (χ1v) is 10.3. The number of piperidine rings is 1. The van der Waals surface area contributed by atoms with Crippen LogP contribution in [-0.2, 0) is 9.59 Å². The summed E-state index contributed by atoms with van der Waals surface area (Å²) in [5.41, 5.74) is 4.44. The molecule has 4 bridgehead atoms. The van der Waals surface area contributed by atoms with Crippen LogP contribution in [0.15, 0.2) is 0 Å². The lowest BCUT2D eigenvalue weighted by Gasteiger charge is -2.62. The zero-order valence-electron chi connectivity index (χ0n) is 15.6. The van der Waals surface area contributed by atoms with E-state index in [9.17, 15) is 14.7 Å². The highest BCUT2D eigenvalue weighted by molar-refractivity contribution is 5.90. The number of amides is 2. The van der Waals surface area contributed by atoms with E-state index in [0.29, 0.717) is 24.2 Å². The molecule has 6 aliphatic rings. The maximum atomic E-state index is 13.7. The molecule has 7 heteroatoms. The maximum absolute atomic E-state index is 13.7. The quantitative estimate of drug-likeness (QED) is 0.630. The van der Waals surface area contributed by atoms with Gasteiger partial charge in [0, 0.05) is 17.9 Å². The summed E-state index contributed by atoms with van der Waals surface area (Å²) in [4.78, 5) is 31.3. The molecule has 0 spiro atoms. The Kier molecular flexibility index (Phi) is 3.67. The lowest BCUT2D eigenvalue weighted by molar-refractivity contribution is -0.181. The molecule has 0 aromatic heterocycles. The largest absolute Gasteiger partial charge is 0.390 e. The Bertz CT molecular complexity index is 717. The molecule has 1 saturated heterocycles. The van der Waals surface area contributed by atoms with E-state index in [-0.39, 0.29) is 24.4 Å². The van der Waals surface area contributed by atoms with E-state index in [4.69, 9.17) is 12.3 Å². The topological polar surface area (TPSA) is 100 Å².